The molecular formula is C10H11N2O. The highest BCUT2D eigenvalue weighted by molar-refractivity contribution is 5.86. The molecule has 1 atom stereocenters. The van der Waals surface area contributed by atoms with Crippen molar-refractivity contribution in [2.45, 2.75) is 12.5 Å². The largest absolute Gasteiger partial charge is 0.374 e. The van der Waals surface area contributed by atoms with Crippen LogP contribution in [-0.2, 0) is 4.79 Å². The number of anilines is 1. The van der Waals surface area contributed by atoms with Crippen molar-refractivity contribution in [3.63, 3.8) is 0 Å². The summed E-state index contributed by atoms with van der Waals surface area (Å²) >= 11 is 0. The highest BCUT2D eigenvalue weighted by Gasteiger charge is 2.24. The molecule has 0 spiro atoms. The van der Waals surface area contributed by atoms with Crippen molar-refractivity contribution < 1.29 is 4.79 Å². The van der Waals surface area contributed by atoms with Crippen LogP contribution in [0.3, 0.4) is 0 Å². The minimum absolute atomic E-state index is 0.0242. The Bertz CT molecular complexity index is 297. The number of nitrogens with zero attached hydrogens (tertiary/aromatic N) is 1. The number of hydrogen-bond acceptors (Lipinski definition) is 2. The predicted molar refractivity (Wildman–Crippen MR) is 50.5 cm³/mol. The molecule has 1 amide bonds. The van der Waals surface area contributed by atoms with E-state index in [1.165, 1.54) is 0 Å². The maximum atomic E-state index is 11.1. The minimum Gasteiger partial charge on any atom is -0.374 e. The number of benzene rings is 1. The van der Waals surface area contributed by atoms with E-state index in [9.17, 15) is 4.79 Å². The Labute approximate surface area is 77.1 Å². The molecule has 0 aliphatic carbocycles. The normalized spacial score (nSPS) is 21.2. The average molecular weight is 175 g/mol. The lowest BCUT2D eigenvalue weighted by Crippen LogP contribution is -2.26. The van der Waals surface area contributed by atoms with Crippen LogP contribution in [0, 0.1) is 0 Å². The number of carbonyl (C=O) groups excluding carboxylic acids is 1. The number of para-hydroxylation sites is 1. The monoisotopic (exact) mass is 175 g/mol. The zero-order valence-corrected chi connectivity index (χ0v) is 7.23. The zero-order chi connectivity index (χ0) is 9.10. The Balaban J connectivity index is 2.02. The fraction of sp³-hybridized carbons (Fsp3) is 0.300. The van der Waals surface area contributed by atoms with Crippen molar-refractivity contribution in [3.8, 4) is 0 Å². The molecule has 1 fully saturated rings. The molecular weight excluding hydrogens is 164 g/mol. The number of hydrogen-bond donors (Lipinski definition) is 1. The second-order valence-corrected chi connectivity index (χ2v) is 3.07. The van der Waals surface area contributed by atoms with Gasteiger partial charge in [-0.1, -0.05) is 18.2 Å². The van der Waals surface area contributed by atoms with Crippen molar-refractivity contribution in [1.29, 1.82) is 0 Å². The van der Waals surface area contributed by atoms with Gasteiger partial charge in [0.1, 0.15) is 6.04 Å². The van der Waals surface area contributed by atoms with E-state index in [-0.39, 0.29) is 11.9 Å². The van der Waals surface area contributed by atoms with Crippen LogP contribution >= 0.6 is 0 Å². The minimum atomic E-state index is -0.109. The summed E-state index contributed by atoms with van der Waals surface area (Å²) in [7, 11) is 0. The van der Waals surface area contributed by atoms with Gasteiger partial charge in [0.05, 0.1) is 0 Å². The van der Waals surface area contributed by atoms with E-state index in [2.05, 4.69) is 10.6 Å². The molecule has 2 rings (SSSR count). The average Bonchev–Trinajstić information content (AvgIpc) is 2.54. The molecule has 1 aromatic rings. The number of carbonyl (C=O) groups is 1. The first kappa shape index (κ1) is 8.10. The lowest BCUT2D eigenvalue weighted by atomic mass is 10.2. The van der Waals surface area contributed by atoms with Crippen molar-refractivity contribution in [1.82, 2.24) is 5.32 Å². The van der Waals surface area contributed by atoms with E-state index in [1.54, 1.807) is 0 Å². The van der Waals surface area contributed by atoms with E-state index in [4.69, 9.17) is 0 Å². The van der Waals surface area contributed by atoms with E-state index < -0.39 is 0 Å². The van der Waals surface area contributed by atoms with Gasteiger partial charge in [0.25, 0.3) is 5.91 Å². The lowest BCUT2D eigenvalue weighted by molar-refractivity contribution is -0.120. The third kappa shape index (κ3) is 1.80. The maximum Gasteiger partial charge on any atom is 0.263 e. The fourth-order valence-corrected chi connectivity index (χ4v) is 1.41. The quantitative estimate of drug-likeness (QED) is 0.728. The van der Waals surface area contributed by atoms with Gasteiger partial charge in [-0.3, -0.25) is 4.79 Å². The molecule has 3 nitrogen and oxygen atoms in total. The molecule has 1 aliphatic heterocycles. The molecule has 67 valence electrons. The summed E-state index contributed by atoms with van der Waals surface area (Å²) in [6.07, 6.45) is 0.813. The van der Waals surface area contributed by atoms with Crippen molar-refractivity contribution in [2.24, 2.45) is 0 Å². The third-order valence-electron chi connectivity index (χ3n) is 2.10. The van der Waals surface area contributed by atoms with E-state index in [0.29, 0.717) is 6.54 Å². The van der Waals surface area contributed by atoms with Crippen LogP contribution in [0.1, 0.15) is 6.42 Å². The second-order valence-electron chi connectivity index (χ2n) is 3.07. The molecule has 0 saturated carbocycles. The SMILES string of the molecule is O=C1[N]CCC1Nc1ccccc1. The Morgan fingerprint density at radius 3 is 2.69 bits per heavy atom. The summed E-state index contributed by atoms with van der Waals surface area (Å²) in [5, 5.41) is 6.96. The van der Waals surface area contributed by atoms with Crippen molar-refractivity contribution in [3.05, 3.63) is 30.3 Å². The summed E-state index contributed by atoms with van der Waals surface area (Å²) in [4.78, 5) is 11.1. The number of nitrogens with one attached hydrogen (secondary N) is 1. The smallest absolute Gasteiger partial charge is 0.263 e. The summed E-state index contributed by atoms with van der Waals surface area (Å²) < 4.78 is 0. The molecule has 0 aromatic heterocycles. The molecule has 0 bridgehead atoms. The zero-order valence-electron chi connectivity index (χ0n) is 7.23. The number of rotatable bonds is 2. The van der Waals surface area contributed by atoms with Crippen molar-refractivity contribution >= 4 is 11.6 Å². The van der Waals surface area contributed by atoms with Crippen LogP contribution in [0.25, 0.3) is 0 Å². The van der Waals surface area contributed by atoms with Gasteiger partial charge in [-0.25, -0.2) is 5.32 Å². The molecule has 1 saturated heterocycles. The van der Waals surface area contributed by atoms with Gasteiger partial charge in [0.15, 0.2) is 0 Å². The highest BCUT2D eigenvalue weighted by Crippen LogP contribution is 2.11. The molecule has 1 N–H and O–H groups in total. The van der Waals surface area contributed by atoms with E-state index >= 15 is 0 Å². The topological polar surface area (TPSA) is 43.2 Å². The van der Waals surface area contributed by atoms with Crippen LogP contribution < -0.4 is 10.6 Å². The summed E-state index contributed by atoms with van der Waals surface area (Å²) in [5.74, 6) is -0.0242. The van der Waals surface area contributed by atoms with Gasteiger partial charge in [-0.2, -0.15) is 0 Å². The molecule has 1 unspecified atom stereocenters. The summed E-state index contributed by atoms with van der Waals surface area (Å²) in [6.45, 7) is 0.656. The van der Waals surface area contributed by atoms with Gasteiger partial charge in [0, 0.05) is 12.2 Å². The van der Waals surface area contributed by atoms with Crippen LogP contribution in [0.15, 0.2) is 30.3 Å². The van der Waals surface area contributed by atoms with Crippen LogP contribution in [0.4, 0.5) is 5.69 Å². The van der Waals surface area contributed by atoms with Crippen LogP contribution in [-0.4, -0.2) is 18.5 Å². The summed E-state index contributed by atoms with van der Waals surface area (Å²) in [5.41, 5.74) is 0.984. The fourth-order valence-electron chi connectivity index (χ4n) is 1.41. The highest BCUT2D eigenvalue weighted by atomic mass is 16.2. The van der Waals surface area contributed by atoms with Crippen LogP contribution in [0.5, 0.6) is 0 Å². The summed E-state index contributed by atoms with van der Waals surface area (Å²) in [6, 6.07) is 9.63. The molecule has 1 heterocycles. The van der Waals surface area contributed by atoms with Gasteiger partial charge < -0.3 is 5.32 Å². The molecule has 3 heteroatoms. The predicted octanol–water partition coefficient (Wildman–Crippen LogP) is 1.00. The maximum absolute atomic E-state index is 11.1. The van der Waals surface area contributed by atoms with Gasteiger partial charge in [0.2, 0.25) is 0 Å². The Kier molecular flexibility index (Phi) is 2.17. The van der Waals surface area contributed by atoms with Crippen molar-refractivity contribution in [2.75, 3.05) is 11.9 Å². The third-order valence-corrected chi connectivity index (χ3v) is 2.10. The molecule has 1 aromatic carbocycles. The van der Waals surface area contributed by atoms with E-state index in [1.807, 2.05) is 30.3 Å². The van der Waals surface area contributed by atoms with Gasteiger partial charge in [-0.15, -0.1) is 0 Å². The van der Waals surface area contributed by atoms with Crippen LogP contribution in [0.2, 0.25) is 0 Å². The molecule has 1 aliphatic rings. The Morgan fingerprint density at radius 1 is 1.31 bits per heavy atom. The van der Waals surface area contributed by atoms with E-state index in [0.717, 1.165) is 12.1 Å². The van der Waals surface area contributed by atoms with Gasteiger partial charge >= 0.3 is 0 Å². The second kappa shape index (κ2) is 3.47. The first-order valence-electron chi connectivity index (χ1n) is 4.39. The molecule has 13 heavy (non-hydrogen) atoms. The Hall–Kier alpha value is -1.51. The standard InChI is InChI=1S/C10H11N2O/c13-10-9(6-7-11-10)12-8-4-2-1-3-5-8/h1-5,9,12H,6-7H2. The number of amides is 1. The van der Waals surface area contributed by atoms with Gasteiger partial charge in [-0.05, 0) is 18.6 Å². The Morgan fingerprint density at radius 2 is 2.08 bits per heavy atom. The lowest BCUT2D eigenvalue weighted by Gasteiger charge is -2.09. The molecule has 1 radical (unpaired) electrons. The first-order chi connectivity index (χ1) is 6.36. The first-order valence-corrected chi connectivity index (χ1v) is 4.39.